The van der Waals surface area contributed by atoms with E-state index in [4.69, 9.17) is 0 Å². The predicted octanol–water partition coefficient (Wildman–Crippen LogP) is 15.4. The van der Waals surface area contributed by atoms with E-state index in [0.717, 1.165) is 24.2 Å². The van der Waals surface area contributed by atoms with Crippen molar-refractivity contribution < 1.29 is 17.4 Å². The summed E-state index contributed by atoms with van der Waals surface area (Å²) < 4.78 is 6.74. The van der Waals surface area contributed by atoms with E-state index in [2.05, 4.69) is 155 Å². The Bertz CT molecular complexity index is 2240. The minimum Gasteiger partial charge on any atom is -0.147 e. The van der Waals surface area contributed by atoms with E-state index in [1.54, 1.807) is 27.8 Å². The summed E-state index contributed by atoms with van der Waals surface area (Å²) in [5.74, 6) is 3.51. The zero-order valence-corrected chi connectivity index (χ0v) is 41.6. The van der Waals surface area contributed by atoms with Crippen molar-refractivity contribution in [1.82, 2.24) is 0 Å². The van der Waals surface area contributed by atoms with Gasteiger partial charge in [0.25, 0.3) is 0 Å². The van der Waals surface area contributed by atoms with Crippen LogP contribution in [-0.4, -0.2) is 6.88 Å². The summed E-state index contributed by atoms with van der Waals surface area (Å²) in [7, 11) is 0. The Morgan fingerprint density at radius 3 is 1.67 bits per heavy atom. The van der Waals surface area contributed by atoms with Gasteiger partial charge in [-0.1, -0.05) is 0 Å². The molecule has 0 nitrogen and oxygen atoms in total. The van der Waals surface area contributed by atoms with Gasteiger partial charge in [0.05, 0.1) is 0 Å². The summed E-state index contributed by atoms with van der Waals surface area (Å²) in [4.78, 5) is 0. The van der Waals surface area contributed by atoms with E-state index in [0.29, 0.717) is 18.6 Å². The fourth-order valence-corrected chi connectivity index (χ4v) is 33.6. The third-order valence-electron chi connectivity index (χ3n) is 15.8. The van der Waals surface area contributed by atoms with Gasteiger partial charge in [0.1, 0.15) is 0 Å². The Balaban J connectivity index is 0.00000248. The summed E-state index contributed by atoms with van der Waals surface area (Å²) >= 11 is -3.78. The van der Waals surface area contributed by atoms with E-state index in [-0.39, 0.29) is 30.2 Å². The molecule has 0 amide bonds. The molecule has 0 radical (unpaired) electrons. The Labute approximate surface area is 360 Å². The maximum Gasteiger partial charge on any atom is -0.147 e. The van der Waals surface area contributed by atoms with Gasteiger partial charge in [-0.15, -0.1) is 24.8 Å². The molecule has 0 N–H and O–H groups in total. The quantitative estimate of drug-likeness (QED) is 0.147. The smallest absolute Gasteiger partial charge is 0.147 e. The molecule has 0 heterocycles. The van der Waals surface area contributed by atoms with Gasteiger partial charge in [-0.25, -0.2) is 0 Å². The third-order valence-corrected chi connectivity index (χ3v) is 33.2. The van der Waals surface area contributed by atoms with Crippen molar-refractivity contribution in [3.8, 4) is 22.3 Å². The van der Waals surface area contributed by atoms with E-state index in [1.165, 1.54) is 90.3 Å². The van der Waals surface area contributed by atoms with Crippen LogP contribution in [0, 0.1) is 23.7 Å². The van der Waals surface area contributed by atoms with Crippen molar-refractivity contribution in [2.75, 3.05) is 0 Å². The van der Waals surface area contributed by atoms with Gasteiger partial charge in [0.2, 0.25) is 0 Å². The normalized spacial score (nSPS) is 26.5. The molecule has 0 saturated heterocycles. The van der Waals surface area contributed by atoms with E-state index >= 15 is 0 Å². The molecule has 4 aromatic rings. The van der Waals surface area contributed by atoms with Crippen LogP contribution in [0.15, 0.2) is 96.1 Å². The Hall–Kier alpha value is -1.96. The number of hydrogen-bond acceptors (Lipinski definition) is 0. The minimum absolute atomic E-state index is 0. The van der Waals surface area contributed by atoms with Crippen LogP contribution in [0.3, 0.4) is 0 Å². The number of rotatable bonds is 9. The molecule has 0 aromatic heterocycles. The molecule has 57 heavy (non-hydrogen) atoms. The van der Waals surface area contributed by atoms with Crippen molar-refractivity contribution in [1.29, 1.82) is 0 Å². The molecule has 6 aliphatic rings. The van der Waals surface area contributed by atoms with E-state index < -0.39 is 17.4 Å². The molecule has 4 aromatic carbocycles. The second kappa shape index (κ2) is 15.5. The SMILES string of the molecule is CCCC(C)C1=Cc2c(-c3ccc(C(C)(C)C)cc3)cccc2[CH]1[Zr]([CH3])([CH3])(=[SiH2])[CH]1C(CC)=Cc2c(-c3ccc(C45CC6CC(CC(C6)C4)C5)cc3)cccc21.Cl.Cl. The Kier molecular flexibility index (Phi) is 11.7. The first-order chi connectivity index (χ1) is 26.2. The molecule has 4 saturated carbocycles. The second-order valence-electron chi connectivity index (χ2n) is 21.4. The molecule has 3 atom stereocenters. The van der Waals surface area contributed by atoms with Crippen LogP contribution in [-0.2, 0) is 28.2 Å². The van der Waals surface area contributed by atoms with Gasteiger partial charge in [0, 0.05) is 0 Å². The number of hydrogen-bond donors (Lipinski definition) is 0. The van der Waals surface area contributed by atoms with Gasteiger partial charge in [-0.05, 0) is 0 Å². The third kappa shape index (κ3) is 7.25. The van der Waals surface area contributed by atoms with Gasteiger partial charge in [0.15, 0.2) is 0 Å². The summed E-state index contributed by atoms with van der Waals surface area (Å²) in [5.41, 5.74) is 18.9. The summed E-state index contributed by atoms with van der Waals surface area (Å²) in [6.45, 7) is 16.8. The average Bonchev–Trinajstić information content (AvgIpc) is 3.75. The molecule has 4 heteroatoms. The van der Waals surface area contributed by atoms with Crippen molar-refractivity contribution >= 4 is 43.8 Å². The van der Waals surface area contributed by atoms with Crippen LogP contribution < -0.4 is 0 Å². The maximum atomic E-state index is 2.84. The van der Waals surface area contributed by atoms with Crippen molar-refractivity contribution in [2.45, 2.75) is 127 Å². The molecule has 4 bridgehead atoms. The average molecular weight is 895 g/mol. The van der Waals surface area contributed by atoms with Crippen LogP contribution >= 0.6 is 24.8 Å². The van der Waals surface area contributed by atoms with Crippen LogP contribution in [0.2, 0.25) is 9.26 Å². The van der Waals surface area contributed by atoms with Crippen LogP contribution in [0.1, 0.15) is 140 Å². The number of fused-ring (bicyclic) bond motifs is 2. The van der Waals surface area contributed by atoms with Crippen molar-refractivity contribution in [2.24, 2.45) is 23.7 Å². The fraction of sp³-hybridized carbons (Fsp3) is 0.472. The molecule has 0 aliphatic heterocycles. The van der Waals surface area contributed by atoms with Gasteiger partial charge < -0.3 is 0 Å². The standard InChI is InChI=1S/C27H29.C24H29.2CH3.2ClH.H2Si.Zr/c1-2-18-13-23-4-3-5-25(26(23)14-18)22-6-8-24(9-7-22)27-15-19-10-20(16-27)12-21(11-19)17-27;1-6-8-17(2)20-15-19-9-7-10-22(23(19)16-20)18-11-13-21(14-12-18)24(3,4)5;;;;;;/h3-9,13-14,19-21H,2,10-12,15-17H2,1H3;7,9-17H,6,8H2,1-5H3;2*1H3;2*1H;1H2;. The second-order valence-corrected chi connectivity index (χ2v) is 51.9. The number of allylic oxidation sites excluding steroid dienone is 2. The van der Waals surface area contributed by atoms with Crippen LogP contribution in [0.4, 0.5) is 0 Å². The van der Waals surface area contributed by atoms with Crippen molar-refractivity contribution in [3.63, 3.8) is 0 Å². The molecule has 0 spiro atoms. The molecule has 10 rings (SSSR count). The summed E-state index contributed by atoms with van der Waals surface area (Å²) in [5, 5.41) is 0. The maximum absolute atomic E-state index is 3.78. The summed E-state index contributed by atoms with van der Waals surface area (Å²) in [6, 6.07) is 34.2. The van der Waals surface area contributed by atoms with Gasteiger partial charge >= 0.3 is 338 Å². The molecule has 6 aliphatic carbocycles. The minimum atomic E-state index is -3.78. The Morgan fingerprint density at radius 1 is 0.684 bits per heavy atom. The van der Waals surface area contributed by atoms with E-state index in [1.807, 2.05) is 0 Å². The largest absolute Gasteiger partial charge is 0.147 e. The first-order valence-corrected chi connectivity index (χ1v) is 35.8. The Morgan fingerprint density at radius 2 is 1.18 bits per heavy atom. The van der Waals surface area contributed by atoms with Crippen LogP contribution in [0.5, 0.6) is 0 Å². The molecular formula is C53H68Cl2SiZr. The van der Waals surface area contributed by atoms with Gasteiger partial charge in [-0.2, -0.15) is 0 Å². The molecule has 4 fully saturated rings. The molecular weight excluding hydrogens is 827 g/mol. The topological polar surface area (TPSA) is 0 Å². The summed E-state index contributed by atoms with van der Waals surface area (Å²) in [6.07, 6.45) is 17.8. The zero-order valence-electron chi connectivity index (χ0n) is 36.1. The number of halogens is 2. The monoisotopic (exact) mass is 892 g/mol. The van der Waals surface area contributed by atoms with Crippen molar-refractivity contribution in [3.05, 3.63) is 129 Å². The fourth-order valence-electron chi connectivity index (χ4n) is 13.7. The van der Waals surface area contributed by atoms with Gasteiger partial charge in [-0.3, -0.25) is 0 Å². The number of benzene rings is 4. The zero-order chi connectivity index (χ0) is 38.5. The molecule has 302 valence electrons. The van der Waals surface area contributed by atoms with E-state index in [9.17, 15) is 0 Å². The first kappa shape index (κ1) is 43.1. The predicted molar refractivity (Wildman–Crippen MR) is 253 cm³/mol. The first-order valence-electron chi connectivity index (χ1n) is 22.1. The van der Waals surface area contributed by atoms with Crippen LogP contribution in [0.25, 0.3) is 34.4 Å². The molecule has 3 unspecified atom stereocenters.